The molecule has 14 heavy (non-hydrogen) atoms. The Morgan fingerprint density at radius 3 is 2.86 bits per heavy atom. The zero-order valence-electron chi connectivity index (χ0n) is 8.13. The van der Waals surface area contributed by atoms with E-state index in [4.69, 9.17) is 4.74 Å². The number of halogens is 1. The maximum Gasteiger partial charge on any atom is 0.174 e. The standard InChI is InChI=1S/C11H11BrOS/c1-3-7-4-5-9-8(11(7)12)6-10(13-2)14-9/h4-6H,3H2,1-2H3. The summed E-state index contributed by atoms with van der Waals surface area (Å²) >= 11 is 5.31. The number of hydrogen-bond acceptors (Lipinski definition) is 2. The zero-order chi connectivity index (χ0) is 10.1. The summed E-state index contributed by atoms with van der Waals surface area (Å²) in [6.07, 6.45) is 1.05. The Kier molecular flexibility index (Phi) is 2.79. The molecule has 0 unspecified atom stereocenters. The van der Waals surface area contributed by atoms with Crippen LogP contribution in [0.3, 0.4) is 0 Å². The van der Waals surface area contributed by atoms with Gasteiger partial charge in [-0.1, -0.05) is 24.3 Å². The van der Waals surface area contributed by atoms with Crippen LogP contribution < -0.4 is 4.74 Å². The molecule has 1 aromatic heterocycles. The summed E-state index contributed by atoms with van der Waals surface area (Å²) in [7, 11) is 1.71. The SMILES string of the molecule is CCc1ccc2sc(OC)cc2c1Br. The molecule has 0 bridgehead atoms. The molecule has 0 saturated heterocycles. The van der Waals surface area contributed by atoms with E-state index in [1.807, 2.05) is 0 Å². The van der Waals surface area contributed by atoms with Crippen LogP contribution in [0.25, 0.3) is 10.1 Å². The van der Waals surface area contributed by atoms with Gasteiger partial charge in [0.2, 0.25) is 0 Å². The fourth-order valence-electron chi connectivity index (χ4n) is 1.47. The number of fused-ring (bicyclic) bond motifs is 1. The summed E-state index contributed by atoms with van der Waals surface area (Å²) in [5.74, 6) is 0. The molecule has 2 rings (SSSR count). The average Bonchev–Trinajstić information content (AvgIpc) is 2.62. The van der Waals surface area contributed by atoms with Gasteiger partial charge in [0.1, 0.15) is 0 Å². The van der Waals surface area contributed by atoms with Crippen LogP contribution in [0.1, 0.15) is 12.5 Å². The largest absolute Gasteiger partial charge is 0.487 e. The molecule has 0 atom stereocenters. The van der Waals surface area contributed by atoms with Crippen molar-refractivity contribution in [3.8, 4) is 5.06 Å². The summed E-state index contributed by atoms with van der Waals surface area (Å²) in [5.41, 5.74) is 1.35. The second kappa shape index (κ2) is 3.91. The number of aryl methyl sites for hydroxylation is 1. The summed E-state index contributed by atoms with van der Waals surface area (Å²) < 4.78 is 7.70. The molecule has 0 amide bonds. The molecule has 0 aliphatic carbocycles. The van der Waals surface area contributed by atoms with E-state index in [-0.39, 0.29) is 0 Å². The normalized spacial score (nSPS) is 10.8. The third-order valence-electron chi connectivity index (χ3n) is 2.27. The average molecular weight is 271 g/mol. The Hall–Kier alpha value is -0.540. The lowest BCUT2D eigenvalue weighted by atomic mass is 10.1. The first-order chi connectivity index (χ1) is 6.76. The van der Waals surface area contributed by atoms with Crippen molar-refractivity contribution >= 4 is 37.4 Å². The van der Waals surface area contributed by atoms with Crippen LogP contribution in [0.2, 0.25) is 0 Å². The highest BCUT2D eigenvalue weighted by molar-refractivity contribution is 9.10. The number of ether oxygens (including phenoxy) is 1. The molecule has 0 saturated carbocycles. The third kappa shape index (κ3) is 1.55. The first kappa shape index (κ1) is 9.99. The highest BCUT2D eigenvalue weighted by Crippen LogP contribution is 2.37. The van der Waals surface area contributed by atoms with Gasteiger partial charge < -0.3 is 4.74 Å². The summed E-state index contributed by atoms with van der Waals surface area (Å²) in [6, 6.07) is 6.41. The van der Waals surface area contributed by atoms with Crippen molar-refractivity contribution in [2.75, 3.05) is 7.11 Å². The van der Waals surface area contributed by atoms with Crippen molar-refractivity contribution in [3.63, 3.8) is 0 Å². The molecule has 0 aliphatic heterocycles. The Balaban J connectivity index is 2.68. The van der Waals surface area contributed by atoms with Crippen molar-refractivity contribution < 1.29 is 4.74 Å². The third-order valence-corrected chi connectivity index (χ3v) is 4.27. The van der Waals surface area contributed by atoms with Gasteiger partial charge in [-0.05, 0) is 34.0 Å². The van der Waals surface area contributed by atoms with Crippen LogP contribution in [-0.4, -0.2) is 7.11 Å². The van der Waals surface area contributed by atoms with Crippen molar-refractivity contribution in [2.45, 2.75) is 13.3 Å². The second-order valence-electron chi connectivity index (χ2n) is 3.07. The molecule has 3 heteroatoms. The highest BCUT2D eigenvalue weighted by Gasteiger charge is 2.07. The van der Waals surface area contributed by atoms with Crippen molar-refractivity contribution in [1.29, 1.82) is 0 Å². The van der Waals surface area contributed by atoms with E-state index in [1.54, 1.807) is 18.4 Å². The van der Waals surface area contributed by atoms with Crippen molar-refractivity contribution in [2.24, 2.45) is 0 Å². The summed E-state index contributed by atoms with van der Waals surface area (Å²) in [5, 5.41) is 2.22. The molecule has 1 nitrogen and oxygen atoms in total. The first-order valence-corrected chi connectivity index (χ1v) is 6.12. The molecule has 1 aromatic carbocycles. The van der Waals surface area contributed by atoms with Crippen LogP contribution in [0.4, 0.5) is 0 Å². The lowest BCUT2D eigenvalue weighted by molar-refractivity contribution is 0.427. The number of thiophene rings is 1. The van der Waals surface area contributed by atoms with E-state index >= 15 is 0 Å². The molecule has 2 aromatic rings. The van der Waals surface area contributed by atoms with E-state index in [0.717, 1.165) is 11.5 Å². The Morgan fingerprint density at radius 2 is 2.21 bits per heavy atom. The van der Waals surface area contributed by atoms with Crippen LogP contribution in [-0.2, 0) is 6.42 Å². The maximum absolute atomic E-state index is 5.23. The fourth-order valence-corrected chi connectivity index (χ4v) is 3.23. The number of methoxy groups -OCH3 is 1. The van der Waals surface area contributed by atoms with Crippen molar-refractivity contribution in [3.05, 3.63) is 28.2 Å². The molecule has 0 aliphatic rings. The molecule has 0 spiro atoms. The monoisotopic (exact) mass is 270 g/mol. The molecule has 0 radical (unpaired) electrons. The van der Waals surface area contributed by atoms with Gasteiger partial charge in [-0.15, -0.1) is 0 Å². The number of hydrogen-bond donors (Lipinski definition) is 0. The second-order valence-corrected chi connectivity index (χ2v) is 4.91. The van der Waals surface area contributed by atoms with Crippen LogP contribution >= 0.6 is 27.3 Å². The molecule has 74 valence electrons. The van der Waals surface area contributed by atoms with Crippen molar-refractivity contribution in [1.82, 2.24) is 0 Å². The highest BCUT2D eigenvalue weighted by atomic mass is 79.9. The molecule has 0 fully saturated rings. The van der Waals surface area contributed by atoms with Gasteiger partial charge in [-0.2, -0.15) is 0 Å². The predicted molar refractivity (Wildman–Crippen MR) is 65.5 cm³/mol. The lowest BCUT2D eigenvalue weighted by Gasteiger charge is -2.00. The molecular formula is C11H11BrOS. The van der Waals surface area contributed by atoms with Gasteiger partial charge >= 0.3 is 0 Å². The van der Waals surface area contributed by atoms with Crippen LogP contribution in [0, 0.1) is 0 Å². The Labute approximate surface area is 95.8 Å². The van der Waals surface area contributed by atoms with Gasteiger partial charge in [0.05, 0.1) is 7.11 Å². The van der Waals surface area contributed by atoms with Gasteiger partial charge in [-0.25, -0.2) is 0 Å². The topological polar surface area (TPSA) is 9.23 Å². The minimum absolute atomic E-state index is 0.967. The van der Waals surface area contributed by atoms with E-state index in [9.17, 15) is 0 Å². The quantitative estimate of drug-likeness (QED) is 0.794. The van der Waals surface area contributed by atoms with Crippen LogP contribution in [0.5, 0.6) is 5.06 Å². The first-order valence-electron chi connectivity index (χ1n) is 4.51. The Morgan fingerprint density at radius 1 is 1.43 bits per heavy atom. The summed E-state index contributed by atoms with van der Waals surface area (Å²) in [6.45, 7) is 2.16. The van der Waals surface area contributed by atoms with Crippen LogP contribution in [0.15, 0.2) is 22.7 Å². The van der Waals surface area contributed by atoms with Gasteiger partial charge in [0, 0.05) is 20.6 Å². The summed E-state index contributed by atoms with van der Waals surface area (Å²) in [4.78, 5) is 0. The Bertz CT molecular complexity index is 462. The number of benzene rings is 1. The zero-order valence-corrected chi connectivity index (χ0v) is 10.5. The maximum atomic E-state index is 5.23. The lowest BCUT2D eigenvalue weighted by Crippen LogP contribution is -1.81. The van der Waals surface area contributed by atoms with E-state index in [0.29, 0.717) is 0 Å². The molecular weight excluding hydrogens is 260 g/mol. The van der Waals surface area contributed by atoms with Gasteiger partial charge in [-0.3, -0.25) is 0 Å². The van der Waals surface area contributed by atoms with Gasteiger partial charge in [0.25, 0.3) is 0 Å². The van der Waals surface area contributed by atoms with E-state index in [1.165, 1.54) is 20.1 Å². The molecule has 1 heterocycles. The molecule has 0 N–H and O–H groups in total. The van der Waals surface area contributed by atoms with E-state index < -0.39 is 0 Å². The number of rotatable bonds is 2. The predicted octanol–water partition coefficient (Wildman–Crippen LogP) is 4.23. The van der Waals surface area contributed by atoms with E-state index in [2.05, 4.69) is 41.1 Å². The smallest absolute Gasteiger partial charge is 0.174 e. The minimum atomic E-state index is 0.967. The van der Waals surface area contributed by atoms with Gasteiger partial charge in [0.15, 0.2) is 5.06 Å². The minimum Gasteiger partial charge on any atom is -0.487 e. The fraction of sp³-hybridized carbons (Fsp3) is 0.273.